The molecule has 230 valence electrons. The molecule has 0 spiro atoms. The topological polar surface area (TPSA) is 55.4 Å². The summed E-state index contributed by atoms with van der Waals surface area (Å²) in [4.78, 5) is 0. The highest BCUT2D eigenvalue weighted by molar-refractivity contribution is 7.16. The SMILES string of the molecule is CC12CC3(C)OC(C)(CC(C)(O1)C3(CP)C1=C(C3(CP)C4(C)CC5(C)OC(C)(CC3(C)O5)O4)CC(C(C)(C)C)=C1)O2. The molecule has 8 bridgehead atoms. The third-order valence-electron chi connectivity index (χ3n) is 12.4. The van der Waals surface area contributed by atoms with Gasteiger partial charge in [0.15, 0.2) is 23.1 Å². The molecule has 0 aromatic rings. The summed E-state index contributed by atoms with van der Waals surface area (Å²) in [6, 6.07) is 0. The first-order chi connectivity index (χ1) is 18.5. The standard InChI is InChI=1S/C33H52O6P2/c1-23(2,3)20-12-21(32(18-40)24(4)14-28(8)35-25(32,5)15-29(9,34-24)38-28)22(13-20)33(19-41)26(6)16-30(10)37-27(33,7)17-31(11,36-26)39-30/h12H,13-19,40-41H2,1-11H3. The predicted molar refractivity (Wildman–Crippen MR) is 165 cm³/mol. The summed E-state index contributed by atoms with van der Waals surface area (Å²) in [6.07, 6.45) is 7.79. The molecule has 10 atom stereocenters. The van der Waals surface area contributed by atoms with Gasteiger partial charge in [-0.2, -0.15) is 0 Å². The smallest absolute Gasteiger partial charge is 0.172 e. The van der Waals surface area contributed by atoms with E-state index < -0.39 is 56.4 Å². The molecular formula is C33H52O6P2. The Morgan fingerprint density at radius 3 is 1.24 bits per heavy atom. The van der Waals surface area contributed by atoms with Crippen molar-refractivity contribution in [1.29, 1.82) is 0 Å². The summed E-state index contributed by atoms with van der Waals surface area (Å²) in [5, 5.41) is 0. The molecule has 41 heavy (non-hydrogen) atoms. The van der Waals surface area contributed by atoms with Crippen LogP contribution in [0.4, 0.5) is 0 Å². The fourth-order valence-corrected chi connectivity index (χ4v) is 14.2. The molecule has 0 N–H and O–H groups in total. The number of hydrogen-bond acceptors (Lipinski definition) is 6. The monoisotopic (exact) mass is 606 g/mol. The predicted octanol–water partition coefficient (Wildman–Crippen LogP) is 7.02. The van der Waals surface area contributed by atoms with Crippen LogP contribution in [0, 0.1) is 16.2 Å². The molecule has 6 nitrogen and oxygen atoms in total. The van der Waals surface area contributed by atoms with Crippen molar-refractivity contribution < 1.29 is 28.4 Å². The lowest BCUT2D eigenvalue weighted by Gasteiger charge is -2.76. The minimum Gasteiger partial charge on any atom is -0.343 e. The largest absolute Gasteiger partial charge is 0.343 e. The Morgan fingerprint density at radius 2 is 0.927 bits per heavy atom. The van der Waals surface area contributed by atoms with E-state index in [2.05, 4.69) is 101 Å². The van der Waals surface area contributed by atoms with Crippen molar-refractivity contribution in [3.63, 3.8) is 0 Å². The van der Waals surface area contributed by atoms with Crippen molar-refractivity contribution in [3.8, 4) is 0 Å². The molecule has 10 unspecified atom stereocenters. The third-order valence-corrected chi connectivity index (χ3v) is 13.7. The number of rotatable bonds is 4. The summed E-state index contributed by atoms with van der Waals surface area (Å²) in [6.45, 7) is 24.7. The second kappa shape index (κ2) is 7.72. The van der Waals surface area contributed by atoms with Crippen molar-refractivity contribution >= 4 is 18.5 Å². The van der Waals surface area contributed by atoms with Gasteiger partial charge in [0.25, 0.3) is 0 Å². The van der Waals surface area contributed by atoms with Crippen LogP contribution in [-0.2, 0) is 28.4 Å². The van der Waals surface area contributed by atoms with E-state index in [4.69, 9.17) is 28.4 Å². The number of allylic oxidation sites excluding steroid dienone is 2. The molecule has 0 aromatic carbocycles. The van der Waals surface area contributed by atoms with Gasteiger partial charge in [0, 0.05) is 25.7 Å². The Labute approximate surface area is 251 Å². The quantitative estimate of drug-likeness (QED) is 0.321. The van der Waals surface area contributed by atoms with Gasteiger partial charge in [0.05, 0.1) is 33.2 Å². The highest BCUT2D eigenvalue weighted by atomic mass is 31.0. The van der Waals surface area contributed by atoms with Gasteiger partial charge < -0.3 is 28.4 Å². The molecule has 0 saturated carbocycles. The van der Waals surface area contributed by atoms with Gasteiger partial charge >= 0.3 is 0 Å². The summed E-state index contributed by atoms with van der Waals surface area (Å²) in [5.41, 5.74) is 1.48. The minimum absolute atomic E-state index is 0.00413. The molecule has 9 rings (SSSR count). The Balaban J connectivity index is 1.53. The van der Waals surface area contributed by atoms with Gasteiger partial charge in [0.1, 0.15) is 0 Å². The fraction of sp³-hybridized carbons (Fsp3) is 0.879. The average molecular weight is 607 g/mol. The Hall–Kier alpha value is 0.100. The number of ether oxygens (including phenoxy) is 6. The Morgan fingerprint density at radius 1 is 0.585 bits per heavy atom. The zero-order chi connectivity index (χ0) is 30.1. The van der Waals surface area contributed by atoms with Gasteiger partial charge in [-0.3, -0.25) is 0 Å². The van der Waals surface area contributed by atoms with Gasteiger partial charge in [-0.25, -0.2) is 0 Å². The van der Waals surface area contributed by atoms with Gasteiger partial charge in [-0.1, -0.05) is 32.4 Å². The first-order valence-corrected chi connectivity index (χ1v) is 17.2. The van der Waals surface area contributed by atoms with Crippen molar-refractivity contribution in [3.05, 3.63) is 22.8 Å². The maximum atomic E-state index is 7.11. The maximum absolute atomic E-state index is 7.11. The molecule has 8 aliphatic heterocycles. The van der Waals surface area contributed by atoms with Crippen LogP contribution in [0.15, 0.2) is 22.8 Å². The second-order valence-electron chi connectivity index (χ2n) is 17.0. The molecule has 8 heterocycles. The van der Waals surface area contributed by atoms with Gasteiger partial charge in [-0.15, -0.1) is 18.5 Å². The molecule has 8 saturated heterocycles. The molecule has 0 amide bonds. The van der Waals surface area contributed by atoms with Crippen molar-refractivity contribution in [2.24, 2.45) is 16.2 Å². The van der Waals surface area contributed by atoms with Gasteiger partial charge in [0.2, 0.25) is 0 Å². The second-order valence-corrected chi connectivity index (χ2v) is 17.8. The molecule has 0 radical (unpaired) electrons. The van der Waals surface area contributed by atoms with E-state index in [1.54, 1.807) is 0 Å². The van der Waals surface area contributed by atoms with E-state index >= 15 is 0 Å². The van der Waals surface area contributed by atoms with Crippen molar-refractivity contribution in [1.82, 2.24) is 0 Å². The zero-order valence-corrected chi connectivity index (χ0v) is 29.4. The van der Waals surface area contributed by atoms with E-state index in [9.17, 15) is 0 Å². The molecule has 8 fully saturated rings. The van der Waals surface area contributed by atoms with Crippen molar-refractivity contribution in [2.45, 2.75) is 154 Å². The lowest BCUT2D eigenvalue weighted by molar-refractivity contribution is -0.542. The highest BCUT2D eigenvalue weighted by Crippen LogP contribution is 2.76. The van der Waals surface area contributed by atoms with Crippen LogP contribution in [0.5, 0.6) is 0 Å². The zero-order valence-electron chi connectivity index (χ0n) is 27.1. The van der Waals surface area contributed by atoms with Crippen LogP contribution >= 0.6 is 18.5 Å². The lowest BCUT2D eigenvalue weighted by Crippen LogP contribution is -2.84. The van der Waals surface area contributed by atoms with Crippen LogP contribution in [0.1, 0.15) is 108 Å². The normalized spacial score (nSPS) is 59.0. The molecule has 8 heteroatoms. The van der Waals surface area contributed by atoms with Crippen LogP contribution in [0.3, 0.4) is 0 Å². The molecule has 0 aromatic heterocycles. The molecule has 1 aliphatic carbocycles. The maximum Gasteiger partial charge on any atom is 0.172 e. The molecule has 9 aliphatic rings. The highest BCUT2D eigenvalue weighted by Gasteiger charge is 2.81. The third kappa shape index (κ3) is 3.34. The summed E-state index contributed by atoms with van der Waals surface area (Å²) in [7, 11) is 6.25. The Kier molecular flexibility index (Phi) is 5.61. The summed E-state index contributed by atoms with van der Waals surface area (Å²) < 4.78 is 41.4. The fourth-order valence-electron chi connectivity index (χ4n) is 12.0. The van der Waals surface area contributed by atoms with E-state index in [0.29, 0.717) is 25.7 Å². The lowest BCUT2D eigenvalue weighted by atomic mass is 9.47. The van der Waals surface area contributed by atoms with Gasteiger partial charge in [-0.05, 0) is 90.7 Å². The Bertz CT molecular complexity index is 1200. The number of hydrogen-bond donors (Lipinski definition) is 0. The molecular weight excluding hydrogens is 554 g/mol. The van der Waals surface area contributed by atoms with E-state index in [-0.39, 0.29) is 5.41 Å². The average Bonchev–Trinajstić information content (AvgIpc) is 3.14. The first kappa shape index (κ1) is 29.8. The van der Waals surface area contributed by atoms with Crippen LogP contribution < -0.4 is 0 Å². The van der Waals surface area contributed by atoms with E-state index in [1.165, 1.54) is 16.7 Å². The van der Waals surface area contributed by atoms with Crippen LogP contribution in [0.2, 0.25) is 0 Å². The van der Waals surface area contributed by atoms with E-state index in [0.717, 1.165) is 18.7 Å². The van der Waals surface area contributed by atoms with E-state index in [1.807, 2.05) is 0 Å². The summed E-state index contributed by atoms with van der Waals surface area (Å²) >= 11 is 0. The van der Waals surface area contributed by atoms with Crippen molar-refractivity contribution in [2.75, 3.05) is 12.3 Å². The van der Waals surface area contributed by atoms with Crippen LogP contribution in [-0.4, -0.2) is 57.9 Å². The summed E-state index contributed by atoms with van der Waals surface area (Å²) in [5.74, 6) is -2.72. The minimum atomic E-state index is -0.681. The first-order valence-electron chi connectivity index (χ1n) is 15.6. The van der Waals surface area contributed by atoms with Crippen LogP contribution in [0.25, 0.3) is 0 Å².